The summed E-state index contributed by atoms with van der Waals surface area (Å²) in [5, 5.41) is 3.67. The minimum Gasteiger partial charge on any atom is -0.313 e. The summed E-state index contributed by atoms with van der Waals surface area (Å²) in [6.07, 6.45) is 5.98. The Balaban J connectivity index is 1.94. The molecule has 3 heteroatoms. The van der Waals surface area contributed by atoms with Crippen molar-refractivity contribution in [1.82, 2.24) is 10.3 Å². The monoisotopic (exact) mass is 300 g/mol. The van der Waals surface area contributed by atoms with E-state index in [1.54, 1.807) is 0 Å². The van der Waals surface area contributed by atoms with Gasteiger partial charge in [-0.3, -0.25) is 4.98 Å². The molecule has 112 valence electrons. The van der Waals surface area contributed by atoms with E-state index < -0.39 is 0 Å². The summed E-state index contributed by atoms with van der Waals surface area (Å²) in [6.45, 7) is 5.47. The van der Waals surface area contributed by atoms with Crippen molar-refractivity contribution < 1.29 is 0 Å². The van der Waals surface area contributed by atoms with Crippen molar-refractivity contribution in [2.45, 2.75) is 37.6 Å². The SMILES string of the molecule is CCCNC(CSc1ccccc1C)Cc1ccncc1. The molecule has 1 heterocycles. The molecular formula is C18H24N2S. The van der Waals surface area contributed by atoms with Crippen molar-refractivity contribution in [2.24, 2.45) is 0 Å². The first-order valence-electron chi connectivity index (χ1n) is 7.60. The van der Waals surface area contributed by atoms with Crippen LogP contribution in [-0.2, 0) is 6.42 Å². The van der Waals surface area contributed by atoms with Gasteiger partial charge in [-0.1, -0.05) is 25.1 Å². The summed E-state index contributed by atoms with van der Waals surface area (Å²) >= 11 is 1.95. The van der Waals surface area contributed by atoms with Gasteiger partial charge in [-0.25, -0.2) is 0 Å². The maximum absolute atomic E-state index is 4.09. The van der Waals surface area contributed by atoms with Crippen LogP contribution in [0, 0.1) is 6.92 Å². The molecule has 2 nitrogen and oxygen atoms in total. The molecule has 0 aliphatic heterocycles. The van der Waals surface area contributed by atoms with E-state index in [-0.39, 0.29) is 0 Å². The topological polar surface area (TPSA) is 24.9 Å². The highest BCUT2D eigenvalue weighted by atomic mass is 32.2. The summed E-state index contributed by atoms with van der Waals surface area (Å²) in [4.78, 5) is 5.48. The van der Waals surface area contributed by atoms with Gasteiger partial charge in [0.25, 0.3) is 0 Å². The summed E-state index contributed by atoms with van der Waals surface area (Å²) in [6, 6.07) is 13.3. The smallest absolute Gasteiger partial charge is 0.0270 e. The number of aromatic nitrogens is 1. The van der Waals surface area contributed by atoms with E-state index in [4.69, 9.17) is 0 Å². The maximum atomic E-state index is 4.09. The Hall–Kier alpha value is -1.32. The molecule has 0 amide bonds. The third kappa shape index (κ3) is 5.52. The van der Waals surface area contributed by atoms with Crippen molar-refractivity contribution in [3.05, 3.63) is 59.9 Å². The third-order valence-electron chi connectivity index (χ3n) is 3.45. The summed E-state index contributed by atoms with van der Waals surface area (Å²) in [5.74, 6) is 1.09. The molecule has 0 bridgehead atoms. The van der Waals surface area contributed by atoms with Crippen molar-refractivity contribution >= 4 is 11.8 Å². The Kier molecular flexibility index (Phi) is 6.77. The van der Waals surface area contributed by atoms with Gasteiger partial charge in [-0.2, -0.15) is 0 Å². The molecule has 1 atom stereocenters. The molecule has 1 unspecified atom stereocenters. The zero-order chi connectivity index (χ0) is 14.9. The number of thioether (sulfide) groups is 1. The van der Waals surface area contributed by atoms with Crippen LogP contribution in [-0.4, -0.2) is 23.3 Å². The van der Waals surface area contributed by atoms with Gasteiger partial charge in [0.2, 0.25) is 0 Å². The first-order valence-corrected chi connectivity index (χ1v) is 8.59. The van der Waals surface area contributed by atoms with E-state index in [0.717, 1.165) is 18.7 Å². The minimum absolute atomic E-state index is 0.497. The average Bonchev–Trinajstić information content (AvgIpc) is 2.52. The fraction of sp³-hybridized carbons (Fsp3) is 0.389. The van der Waals surface area contributed by atoms with E-state index in [9.17, 15) is 0 Å². The zero-order valence-electron chi connectivity index (χ0n) is 12.9. The van der Waals surface area contributed by atoms with E-state index in [1.807, 2.05) is 24.2 Å². The molecular weight excluding hydrogens is 276 g/mol. The highest BCUT2D eigenvalue weighted by Gasteiger charge is 2.10. The van der Waals surface area contributed by atoms with Gasteiger partial charge in [0.1, 0.15) is 0 Å². The standard InChI is InChI=1S/C18H24N2S/c1-3-10-20-17(13-16-8-11-19-12-9-16)14-21-18-7-5-4-6-15(18)2/h4-9,11-12,17,20H,3,10,13-14H2,1-2H3. The van der Waals surface area contributed by atoms with Gasteiger partial charge in [0, 0.05) is 29.1 Å². The van der Waals surface area contributed by atoms with Gasteiger partial charge in [0.05, 0.1) is 0 Å². The van der Waals surface area contributed by atoms with Crippen LogP contribution in [0.3, 0.4) is 0 Å². The van der Waals surface area contributed by atoms with Gasteiger partial charge >= 0.3 is 0 Å². The lowest BCUT2D eigenvalue weighted by atomic mass is 10.1. The van der Waals surface area contributed by atoms with Crippen LogP contribution in [0.15, 0.2) is 53.7 Å². The quantitative estimate of drug-likeness (QED) is 0.743. The van der Waals surface area contributed by atoms with Crippen LogP contribution >= 0.6 is 11.8 Å². The number of nitrogens with one attached hydrogen (secondary N) is 1. The number of rotatable bonds is 8. The fourth-order valence-electron chi connectivity index (χ4n) is 2.25. The molecule has 0 radical (unpaired) electrons. The lowest BCUT2D eigenvalue weighted by molar-refractivity contribution is 0.550. The number of nitrogens with zero attached hydrogens (tertiary/aromatic N) is 1. The second-order valence-corrected chi connectivity index (χ2v) is 6.35. The fourth-order valence-corrected chi connectivity index (χ4v) is 3.34. The number of benzene rings is 1. The summed E-state index contributed by atoms with van der Waals surface area (Å²) in [7, 11) is 0. The lowest BCUT2D eigenvalue weighted by Crippen LogP contribution is -2.34. The van der Waals surface area contributed by atoms with Crippen molar-refractivity contribution in [1.29, 1.82) is 0 Å². The highest BCUT2D eigenvalue weighted by molar-refractivity contribution is 7.99. The van der Waals surface area contributed by atoms with Crippen molar-refractivity contribution in [3.8, 4) is 0 Å². The zero-order valence-corrected chi connectivity index (χ0v) is 13.7. The molecule has 0 saturated carbocycles. The highest BCUT2D eigenvalue weighted by Crippen LogP contribution is 2.23. The number of hydrogen-bond acceptors (Lipinski definition) is 3. The maximum Gasteiger partial charge on any atom is 0.0270 e. The molecule has 0 spiro atoms. The Morgan fingerprint density at radius 3 is 2.62 bits per heavy atom. The second-order valence-electron chi connectivity index (χ2n) is 5.29. The lowest BCUT2D eigenvalue weighted by Gasteiger charge is -2.19. The van der Waals surface area contributed by atoms with E-state index in [2.05, 4.69) is 60.5 Å². The number of aryl methyl sites for hydroxylation is 1. The molecule has 1 aromatic carbocycles. The first kappa shape index (κ1) is 16.1. The van der Waals surface area contributed by atoms with Gasteiger partial charge in [-0.15, -0.1) is 11.8 Å². The third-order valence-corrected chi connectivity index (χ3v) is 4.79. The average molecular weight is 300 g/mol. The largest absolute Gasteiger partial charge is 0.313 e. The van der Waals surface area contributed by atoms with E-state index in [1.165, 1.54) is 22.4 Å². The van der Waals surface area contributed by atoms with Crippen LogP contribution in [0.4, 0.5) is 0 Å². The van der Waals surface area contributed by atoms with E-state index in [0.29, 0.717) is 6.04 Å². The van der Waals surface area contributed by atoms with Gasteiger partial charge in [-0.05, 0) is 55.6 Å². The Morgan fingerprint density at radius 1 is 1.14 bits per heavy atom. The molecule has 2 rings (SSSR count). The molecule has 0 saturated heterocycles. The van der Waals surface area contributed by atoms with Crippen LogP contribution in [0.2, 0.25) is 0 Å². The van der Waals surface area contributed by atoms with E-state index >= 15 is 0 Å². The van der Waals surface area contributed by atoms with Crippen molar-refractivity contribution in [3.63, 3.8) is 0 Å². The molecule has 0 aliphatic rings. The molecule has 2 aromatic rings. The number of hydrogen-bond donors (Lipinski definition) is 1. The molecule has 1 N–H and O–H groups in total. The Labute approximate surface area is 132 Å². The van der Waals surface area contributed by atoms with Gasteiger partial charge in [0.15, 0.2) is 0 Å². The van der Waals surface area contributed by atoms with Crippen LogP contribution in [0.1, 0.15) is 24.5 Å². The molecule has 0 aliphatic carbocycles. The first-order chi connectivity index (χ1) is 10.3. The second kappa shape index (κ2) is 8.85. The number of pyridine rings is 1. The Bertz CT molecular complexity index is 528. The van der Waals surface area contributed by atoms with Crippen molar-refractivity contribution in [2.75, 3.05) is 12.3 Å². The molecule has 0 fully saturated rings. The predicted octanol–water partition coefficient (Wildman–Crippen LogP) is 4.09. The predicted molar refractivity (Wildman–Crippen MR) is 91.9 cm³/mol. The summed E-state index contributed by atoms with van der Waals surface area (Å²) in [5.41, 5.74) is 2.71. The summed E-state index contributed by atoms with van der Waals surface area (Å²) < 4.78 is 0. The van der Waals surface area contributed by atoms with Crippen LogP contribution in [0.5, 0.6) is 0 Å². The molecule has 21 heavy (non-hydrogen) atoms. The molecule has 1 aromatic heterocycles. The Morgan fingerprint density at radius 2 is 1.90 bits per heavy atom. The normalized spacial score (nSPS) is 12.3. The van der Waals surface area contributed by atoms with Crippen LogP contribution in [0.25, 0.3) is 0 Å². The van der Waals surface area contributed by atoms with Crippen LogP contribution < -0.4 is 5.32 Å². The minimum atomic E-state index is 0.497. The van der Waals surface area contributed by atoms with Gasteiger partial charge < -0.3 is 5.32 Å².